The normalized spacial score (nSPS) is 24.5. The Bertz CT molecular complexity index is 628. The van der Waals surface area contributed by atoms with Crippen molar-refractivity contribution in [2.45, 2.75) is 50.3 Å². The van der Waals surface area contributed by atoms with Crippen molar-refractivity contribution < 1.29 is 23.5 Å². The fourth-order valence-electron chi connectivity index (χ4n) is 2.58. The summed E-state index contributed by atoms with van der Waals surface area (Å²) in [6.07, 6.45) is 2.59. The van der Waals surface area contributed by atoms with Gasteiger partial charge >= 0.3 is 5.97 Å². The van der Waals surface area contributed by atoms with E-state index in [4.69, 9.17) is 9.15 Å². The number of amides is 2. The smallest absolute Gasteiger partial charge is 0.330 e. The number of nitrogens with one attached hydrogen (secondary N) is 1. The van der Waals surface area contributed by atoms with E-state index in [1.54, 1.807) is 19.1 Å². The standard InChI is InChI=1S/C16H20N2O5S/c1-9(14(20)17-11-5-6-11)23-16(21)12-8-24-15(18(12)10(2)19)13-4-3-7-22-13/h3-4,7,9,11-12,15H,5-6,8H2,1-2H3,(H,17,20)/t9-,12+,15+/m0/s1. The summed E-state index contributed by atoms with van der Waals surface area (Å²) in [7, 11) is 0. The minimum absolute atomic E-state index is 0.206. The van der Waals surface area contributed by atoms with E-state index < -0.39 is 18.1 Å². The number of ether oxygens (including phenoxy) is 1. The second kappa shape index (κ2) is 6.88. The van der Waals surface area contributed by atoms with Crippen LogP contribution >= 0.6 is 11.8 Å². The fourth-order valence-corrected chi connectivity index (χ4v) is 3.99. The van der Waals surface area contributed by atoms with E-state index in [-0.39, 0.29) is 23.2 Å². The first-order chi connectivity index (χ1) is 11.5. The molecule has 2 aliphatic rings. The van der Waals surface area contributed by atoms with Gasteiger partial charge in [0.2, 0.25) is 5.91 Å². The number of thioether (sulfide) groups is 1. The summed E-state index contributed by atoms with van der Waals surface area (Å²) in [6, 6.07) is 2.99. The SMILES string of the molecule is CC(=O)N1[C@@H](C(=O)O[C@@H](C)C(=O)NC2CC2)CS[C@@H]1c1ccco1. The zero-order valence-electron chi connectivity index (χ0n) is 13.6. The number of esters is 1. The average molecular weight is 352 g/mol. The molecule has 2 heterocycles. The topological polar surface area (TPSA) is 88.8 Å². The maximum atomic E-state index is 12.5. The van der Waals surface area contributed by atoms with E-state index in [2.05, 4.69) is 5.32 Å². The maximum Gasteiger partial charge on any atom is 0.330 e. The highest BCUT2D eigenvalue weighted by molar-refractivity contribution is 7.99. The van der Waals surface area contributed by atoms with Crippen LogP contribution in [-0.2, 0) is 19.1 Å². The number of nitrogens with zero attached hydrogens (tertiary/aromatic N) is 1. The van der Waals surface area contributed by atoms with Gasteiger partial charge in [0.25, 0.3) is 5.91 Å². The highest BCUT2D eigenvalue weighted by Crippen LogP contribution is 2.41. The molecule has 2 fully saturated rings. The lowest BCUT2D eigenvalue weighted by Crippen LogP contribution is -2.45. The van der Waals surface area contributed by atoms with Gasteiger partial charge < -0.3 is 19.4 Å². The first-order valence-electron chi connectivity index (χ1n) is 7.92. The molecule has 0 spiro atoms. The van der Waals surface area contributed by atoms with Crippen molar-refractivity contribution in [1.29, 1.82) is 0 Å². The van der Waals surface area contributed by atoms with Crippen LogP contribution in [-0.4, -0.2) is 46.6 Å². The summed E-state index contributed by atoms with van der Waals surface area (Å²) in [5.41, 5.74) is 0. The molecule has 1 saturated heterocycles. The van der Waals surface area contributed by atoms with E-state index in [1.165, 1.54) is 29.8 Å². The molecule has 1 aliphatic carbocycles. The first-order valence-corrected chi connectivity index (χ1v) is 8.97. The number of rotatable bonds is 5. The van der Waals surface area contributed by atoms with Crippen LogP contribution < -0.4 is 5.32 Å². The van der Waals surface area contributed by atoms with Crippen LogP contribution in [0.5, 0.6) is 0 Å². The summed E-state index contributed by atoms with van der Waals surface area (Å²) >= 11 is 1.44. The van der Waals surface area contributed by atoms with Crippen LogP contribution in [0.15, 0.2) is 22.8 Å². The molecule has 0 radical (unpaired) electrons. The number of carbonyl (C=O) groups is 3. The fraction of sp³-hybridized carbons (Fsp3) is 0.562. The van der Waals surface area contributed by atoms with Gasteiger partial charge in [-0.2, -0.15) is 0 Å². The Labute approximate surface area is 144 Å². The van der Waals surface area contributed by atoms with E-state index >= 15 is 0 Å². The molecular weight excluding hydrogens is 332 g/mol. The Morgan fingerprint density at radius 2 is 2.17 bits per heavy atom. The molecule has 130 valence electrons. The Kier molecular flexibility index (Phi) is 4.84. The average Bonchev–Trinajstić information content (AvgIpc) is 3.05. The highest BCUT2D eigenvalue weighted by atomic mass is 32.2. The van der Waals surface area contributed by atoms with Crippen molar-refractivity contribution in [1.82, 2.24) is 10.2 Å². The number of hydrogen-bond donors (Lipinski definition) is 1. The molecule has 24 heavy (non-hydrogen) atoms. The van der Waals surface area contributed by atoms with Gasteiger partial charge in [-0.25, -0.2) is 4.79 Å². The lowest BCUT2D eigenvalue weighted by atomic mass is 10.2. The monoisotopic (exact) mass is 352 g/mol. The van der Waals surface area contributed by atoms with Crippen molar-refractivity contribution in [3.8, 4) is 0 Å². The number of carbonyl (C=O) groups excluding carboxylic acids is 3. The molecule has 0 aromatic carbocycles. The largest absolute Gasteiger partial charge is 0.466 e. The van der Waals surface area contributed by atoms with Gasteiger partial charge in [0.1, 0.15) is 17.2 Å². The van der Waals surface area contributed by atoms with Crippen LogP contribution in [0.1, 0.15) is 37.8 Å². The first kappa shape index (κ1) is 16.9. The minimum Gasteiger partial charge on any atom is -0.466 e. The number of furan rings is 1. The molecule has 0 bridgehead atoms. The summed E-state index contributed by atoms with van der Waals surface area (Å²) in [5.74, 6) is -0.0806. The van der Waals surface area contributed by atoms with E-state index in [9.17, 15) is 14.4 Å². The molecule has 3 rings (SSSR count). The van der Waals surface area contributed by atoms with E-state index in [0.29, 0.717) is 11.5 Å². The van der Waals surface area contributed by atoms with Crippen LogP contribution in [0, 0.1) is 0 Å². The maximum absolute atomic E-state index is 12.5. The predicted octanol–water partition coefficient (Wildman–Crippen LogP) is 1.45. The lowest BCUT2D eigenvalue weighted by molar-refractivity contribution is -0.161. The summed E-state index contributed by atoms with van der Waals surface area (Å²) < 4.78 is 10.6. The predicted molar refractivity (Wildman–Crippen MR) is 86.9 cm³/mol. The molecule has 7 nitrogen and oxygen atoms in total. The van der Waals surface area contributed by atoms with Gasteiger partial charge in [-0.3, -0.25) is 9.59 Å². The van der Waals surface area contributed by atoms with Gasteiger partial charge in [0.15, 0.2) is 6.10 Å². The third kappa shape index (κ3) is 3.58. The Morgan fingerprint density at radius 3 is 2.75 bits per heavy atom. The zero-order valence-corrected chi connectivity index (χ0v) is 14.4. The van der Waals surface area contributed by atoms with Gasteiger partial charge in [0, 0.05) is 18.7 Å². The van der Waals surface area contributed by atoms with Crippen LogP contribution in [0.3, 0.4) is 0 Å². The van der Waals surface area contributed by atoms with E-state index in [0.717, 1.165) is 12.8 Å². The van der Waals surface area contributed by atoms with Crippen molar-refractivity contribution in [3.05, 3.63) is 24.2 Å². The van der Waals surface area contributed by atoms with Gasteiger partial charge in [-0.05, 0) is 31.9 Å². The molecule has 1 aliphatic heterocycles. The van der Waals surface area contributed by atoms with Crippen molar-refractivity contribution in [2.24, 2.45) is 0 Å². The van der Waals surface area contributed by atoms with Crippen LogP contribution in [0.2, 0.25) is 0 Å². The molecular formula is C16H20N2O5S. The Morgan fingerprint density at radius 1 is 1.42 bits per heavy atom. The molecule has 1 N–H and O–H groups in total. The van der Waals surface area contributed by atoms with Crippen molar-refractivity contribution in [2.75, 3.05) is 5.75 Å². The quantitative estimate of drug-likeness (QED) is 0.807. The van der Waals surface area contributed by atoms with Crippen LogP contribution in [0.4, 0.5) is 0 Å². The molecule has 0 unspecified atom stereocenters. The molecule has 1 saturated carbocycles. The molecule has 8 heteroatoms. The third-order valence-corrected chi connectivity index (χ3v) is 5.29. The van der Waals surface area contributed by atoms with Crippen LogP contribution in [0.25, 0.3) is 0 Å². The second-order valence-electron chi connectivity index (χ2n) is 6.01. The number of hydrogen-bond acceptors (Lipinski definition) is 6. The molecule has 1 aromatic heterocycles. The van der Waals surface area contributed by atoms with Gasteiger partial charge in [-0.1, -0.05) is 0 Å². The van der Waals surface area contributed by atoms with Crippen molar-refractivity contribution >= 4 is 29.5 Å². The second-order valence-corrected chi connectivity index (χ2v) is 7.12. The molecule has 3 atom stereocenters. The highest BCUT2D eigenvalue weighted by Gasteiger charge is 2.43. The Hall–Kier alpha value is -1.96. The molecule has 2 amide bonds. The third-order valence-electron chi connectivity index (χ3n) is 4.01. The summed E-state index contributed by atoms with van der Waals surface area (Å²) in [6.45, 7) is 2.95. The van der Waals surface area contributed by atoms with Crippen molar-refractivity contribution in [3.63, 3.8) is 0 Å². The molecule has 1 aromatic rings. The lowest BCUT2D eigenvalue weighted by Gasteiger charge is -2.26. The van der Waals surface area contributed by atoms with Gasteiger partial charge in [-0.15, -0.1) is 11.8 Å². The summed E-state index contributed by atoms with van der Waals surface area (Å²) in [4.78, 5) is 37.9. The summed E-state index contributed by atoms with van der Waals surface area (Å²) in [5, 5.41) is 2.44. The van der Waals surface area contributed by atoms with Gasteiger partial charge in [0.05, 0.1) is 6.26 Å². The van der Waals surface area contributed by atoms with E-state index in [1.807, 2.05) is 0 Å². The minimum atomic E-state index is -0.875. The Balaban J connectivity index is 1.64. The zero-order chi connectivity index (χ0) is 17.3.